The Hall–Kier alpha value is -2.77. The van der Waals surface area contributed by atoms with Gasteiger partial charge < -0.3 is 5.32 Å². The fraction of sp³-hybridized carbons (Fsp3) is 0.400. The Morgan fingerprint density at radius 1 is 1.48 bits per heavy atom. The normalized spacial score (nSPS) is 18.3. The maximum Gasteiger partial charge on any atom is 0.272 e. The van der Waals surface area contributed by atoms with E-state index in [-0.39, 0.29) is 11.6 Å². The third-order valence-corrected chi connectivity index (χ3v) is 3.76. The van der Waals surface area contributed by atoms with E-state index in [1.165, 1.54) is 6.07 Å². The van der Waals surface area contributed by atoms with Gasteiger partial charge in [-0.3, -0.25) is 19.7 Å². The maximum absolute atomic E-state index is 12.0. The second-order valence-corrected chi connectivity index (χ2v) is 5.42. The molecule has 0 unspecified atom stereocenters. The van der Waals surface area contributed by atoms with Crippen molar-refractivity contribution in [3.05, 3.63) is 39.4 Å². The number of nitro benzene ring substituents is 1. The van der Waals surface area contributed by atoms with Crippen molar-refractivity contribution in [2.24, 2.45) is 11.0 Å². The van der Waals surface area contributed by atoms with Gasteiger partial charge in [-0.1, -0.05) is 12.1 Å². The van der Waals surface area contributed by atoms with Gasteiger partial charge in [0.25, 0.3) is 11.6 Å². The number of aryl methyl sites for hydroxylation is 1. The van der Waals surface area contributed by atoms with Crippen molar-refractivity contribution in [2.75, 3.05) is 6.54 Å². The Balaban J connectivity index is 2.10. The number of hydrogen-bond acceptors (Lipinski definition) is 5. The first-order chi connectivity index (χ1) is 10.9. The fourth-order valence-corrected chi connectivity index (χ4v) is 2.33. The minimum atomic E-state index is -0.743. The van der Waals surface area contributed by atoms with Crippen molar-refractivity contribution in [3.63, 3.8) is 0 Å². The zero-order chi connectivity index (χ0) is 17.0. The Morgan fingerprint density at radius 2 is 2.22 bits per heavy atom. The minimum absolute atomic E-state index is 0.00460. The molecule has 1 aliphatic heterocycles. The van der Waals surface area contributed by atoms with Crippen LogP contribution in [0.25, 0.3) is 0 Å². The molecule has 1 heterocycles. The van der Waals surface area contributed by atoms with Gasteiger partial charge in [-0.15, -0.1) is 0 Å². The van der Waals surface area contributed by atoms with E-state index in [9.17, 15) is 19.7 Å². The first-order valence-corrected chi connectivity index (χ1v) is 7.27. The van der Waals surface area contributed by atoms with Crippen LogP contribution in [-0.2, 0) is 9.59 Å². The molecule has 122 valence electrons. The molecule has 0 aliphatic carbocycles. The summed E-state index contributed by atoms with van der Waals surface area (Å²) in [6.45, 7) is 3.87. The number of benzene rings is 1. The van der Waals surface area contributed by atoms with Crippen molar-refractivity contribution in [2.45, 2.75) is 26.7 Å². The van der Waals surface area contributed by atoms with Crippen LogP contribution in [0.15, 0.2) is 23.3 Å². The van der Waals surface area contributed by atoms with E-state index in [0.717, 1.165) is 6.42 Å². The molecule has 0 bridgehead atoms. The average molecular weight is 318 g/mol. The first-order valence-electron chi connectivity index (χ1n) is 7.27. The van der Waals surface area contributed by atoms with Gasteiger partial charge in [0.15, 0.2) is 0 Å². The molecule has 2 rings (SSSR count). The number of hydrogen-bond donors (Lipinski definition) is 2. The number of carbonyl (C=O) groups excluding carboxylic acids is 2. The zero-order valence-corrected chi connectivity index (χ0v) is 13.0. The first kappa shape index (κ1) is 16.6. The van der Waals surface area contributed by atoms with Crippen LogP contribution < -0.4 is 10.7 Å². The summed E-state index contributed by atoms with van der Waals surface area (Å²) < 4.78 is 0. The van der Waals surface area contributed by atoms with Gasteiger partial charge in [0, 0.05) is 23.7 Å². The highest BCUT2D eigenvalue weighted by Crippen LogP contribution is 2.19. The molecule has 1 aromatic carbocycles. The highest BCUT2D eigenvalue weighted by Gasteiger charge is 2.28. The summed E-state index contributed by atoms with van der Waals surface area (Å²) in [5.41, 5.74) is 3.87. The summed E-state index contributed by atoms with van der Waals surface area (Å²) in [6, 6.07) is 4.73. The summed E-state index contributed by atoms with van der Waals surface area (Å²) >= 11 is 0. The number of piperidine rings is 1. The lowest BCUT2D eigenvalue weighted by atomic mass is 9.98. The Labute approximate surface area is 133 Å². The Morgan fingerprint density at radius 3 is 2.87 bits per heavy atom. The van der Waals surface area contributed by atoms with E-state index in [1.807, 2.05) is 0 Å². The van der Waals surface area contributed by atoms with Crippen molar-refractivity contribution in [1.29, 1.82) is 0 Å². The van der Waals surface area contributed by atoms with E-state index in [1.54, 1.807) is 26.0 Å². The fourth-order valence-electron chi connectivity index (χ4n) is 2.33. The van der Waals surface area contributed by atoms with Gasteiger partial charge in [0.1, 0.15) is 5.92 Å². The molecule has 0 saturated carbocycles. The van der Waals surface area contributed by atoms with Crippen LogP contribution in [0.2, 0.25) is 0 Å². The number of nitrogens with one attached hydrogen (secondary N) is 2. The summed E-state index contributed by atoms with van der Waals surface area (Å²) in [6.07, 6.45) is 1.24. The number of carbonyl (C=O) groups is 2. The topological polar surface area (TPSA) is 114 Å². The smallest absolute Gasteiger partial charge is 0.272 e. The molecule has 8 heteroatoms. The summed E-state index contributed by atoms with van der Waals surface area (Å²) in [5, 5.41) is 17.5. The number of amides is 2. The monoisotopic (exact) mass is 318 g/mol. The van der Waals surface area contributed by atoms with Crippen LogP contribution in [0.3, 0.4) is 0 Å². The Bertz CT molecular complexity index is 684. The number of nitro groups is 1. The van der Waals surface area contributed by atoms with Gasteiger partial charge in [-0.25, -0.2) is 5.43 Å². The quantitative estimate of drug-likeness (QED) is 0.376. The van der Waals surface area contributed by atoms with Gasteiger partial charge in [-0.2, -0.15) is 5.10 Å². The molecular weight excluding hydrogens is 300 g/mol. The molecule has 0 aromatic heterocycles. The van der Waals surface area contributed by atoms with Crippen LogP contribution in [0.4, 0.5) is 5.69 Å². The molecule has 1 aromatic rings. The van der Waals surface area contributed by atoms with Gasteiger partial charge in [-0.05, 0) is 26.7 Å². The third-order valence-electron chi connectivity index (χ3n) is 3.76. The number of nitrogens with zero attached hydrogens (tertiary/aromatic N) is 2. The molecule has 2 amide bonds. The molecule has 1 saturated heterocycles. The van der Waals surface area contributed by atoms with E-state index >= 15 is 0 Å². The lowest BCUT2D eigenvalue weighted by molar-refractivity contribution is -0.385. The predicted octanol–water partition coefficient (Wildman–Crippen LogP) is 1.27. The third kappa shape index (κ3) is 3.91. The molecule has 1 fully saturated rings. The van der Waals surface area contributed by atoms with Crippen molar-refractivity contribution >= 4 is 23.2 Å². The minimum Gasteiger partial charge on any atom is -0.355 e. The lowest BCUT2D eigenvalue weighted by Crippen LogP contribution is -2.44. The zero-order valence-electron chi connectivity index (χ0n) is 13.0. The maximum atomic E-state index is 12.0. The number of rotatable bonds is 4. The standard InChI is InChI=1S/C15H18N4O4/c1-9-5-6-11(8-13(9)19(22)23)10(2)17-18-15(21)12-4-3-7-16-14(12)20/h5-6,8,12H,3-4,7H2,1-2H3,(H,16,20)(H,18,21)/b17-10+/t12-/m0/s1. The SMILES string of the molecule is C/C(=N\NC(=O)[C@H]1CCCNC1=O)c1ccc(C)c([N+](=O)[O-])c1. The van der Waals surface area contributed by atoms with Crippen molar-refractivity contribution in [3.8, 4) is 0 Å². The summed E-state index contributed by atoms with van der Waals surface area (Å²) in [4.78, 5) is 34.1. The molecule has 2 N–H and O–H groups in total. The van der Waals surface area contributed by atoms with Crippen LogP contribution in [-0.4, -0.2) is 29.0 Å². The van der Waals surface area contributed by atoms with Gasteiger partial charge in [0.2, 0.25) is 5.91 Å². The molecule has 1 atom stereocenters. The van der Waals surface area contributed by atoms with Gasteiger partial charge >= 0.3 is 0 Å². The molecule has 0 radical (unpaired) electrons. The highest BCUT2D eigenvalue weighted by atomic mass is 16.6. The van der Waals surface area contributed by atoms with Crippen molar-refractivity contribution in [1.82, 2.24) is 10.7 Å². The van der Waals surface area contributed by atoms with E-state index in [2.05, 4.69) is 15.8 Å². The molecular formula is C15H18N4O4. The molecule has 1 aliphatic rings. The van der Waals surface area contributed by atoms with E-state index < -0.39 is 16.7 Å². The summed E-state index contributed by atoms with van der Waals surface area (Å²) in [7, 11) is 0. The molecule has 8 nitrogen and oxygen atoms in total. The second kappa shape index (κ2) is 6.99. The second-order valence-electron chi connectivity index (χ2n) is 5.42. The van der Waals surface area contributed by atoms with Crippen molar-refractivity contribution < 1.29 is 14.5 Å². The lowest BCUT2D eigenvalue weighted by Gasteiger charge is -2.19. The summed E-state index contributed by atoms with van der Waals surface area (Å²) in [5.74, 6) is -1.51. The predicted molar refractivity (Wildman–Crippen MR) is 83.9 cm³/mol. The average Bonchev–Trinajstić information content (AvgIpc) is 2.52. The molecule has 0 spiro atoms. The highest BCUT2D eigenvalue weighted by molar-refractivity contribution is 6.03. The van der Waals surface area contributed by atoms with Crippen LogP contribution in [0.5, 0.6) is 0 Å². The number of hydrazone groups is 1. The Kier molecular flexibility index (Phi) is 5.05. The van der Waals surface area contributed by atoms with E-state index in [0.29, 0.717) is 29.8 Å². The van der Waals surface area contributed by atoms with Crippen LogP contribution in [0.1, 0.15) is 30.9 Å². The van der Waals surface area contributed by atoms with Crippen LogP contribution in [0, 0.1) is 23.0 Å². The van der Waals surface area contributed by atoms with E-state index in [4.69, 9.17) is 0 Å². The molecule has 23 heavy (non-hydrogen) atoms. The van der Waals surface area contributed by atoms with Gasteiger partial charge in [0.05, 0.1) is 10.6 Å². The largest absolute Gasteiger partial charge is 0.355 e. The van der Waals surface area contributed by atoms with Crippen LogP contribution >= 0.6 is 0 Å².